The van der Waals surface area contributed by atoms with Gasteiger partial charge in [0.1, 0.15) is 23.4 Å². The maximum Gasteiger partial charge on any atom is 0.319 e. The SMILES string of the molecule is O=C(NCc1ccc(C(O)c2ccccc2)s1)Nc1c(F)cccc1F. The van der Waals surface area contributed by atoms with Gasteiger partial charge < -0.3 is 15.7 Å². The second-order valence-corrected chi connectivity index (χ2v) is 6.72. The highest BCUT2D eigenvalue weighted by Gasteiger charge is 2.14. The molecule has 1 aromatic heterocycles. The molecule has 0 aliphatic rings. The fraction of sp³-hybridized carbons (Fsp3) is 0.105. The first-order valence-corrected chi connectivity index (χ1v) is 8.66. The average Bonchev–Trinajstić information content (AvgIpc) is 3.12. The van der Waals surface area contributed by atoms with Crippen LogP contribution in [0.5, 0.6) is 0 Å². The zero-order valence-corrected chi connectivity index (χ0v) is 14.4. The molecule has 7 heteroatoms. The van der Waals surface area contributed by atoms with E-state index in [0.717, 1.165) is 27.5 Å². The van der Waals surface area contributed by atoms with Crippen molar-refractivity contribution in [1.29, 1.82) is 0 Å². The van der Waals surface area contributed by atoms with Crippen LogP contribution >= 0.6 is 11.3 Å². The van der Waals surface area contributed by atoms with Gasteiger partial charge >= 0.3 is 6.03 Å². The molecule has 26 heavy (non-hydrogen) atoms. The van der Waals surface area contributed by atoms with E-state index in [1.165, 1.54) is 17.4 Å². The van der Waals surface area contributed by atoms with Crippen LogP contribution in [0.2, 0.25) is 0 Å². The first-order valence-electron chi connectivity index (χ1n) is 7.85. The number of hydrogen-bond donors (Lipinski definition) is 3. The van der Waals surface area contributed by atoms with Crippen molar-refractivity contribution >= 4 is 23.1 Å². The van der Waals surface area contributed by atoms with Crippen LogP contribution < -0.4 is 10.6 Å². The van der Waals surface area contributed by atoms with Crippen molar-refractivity contribution in [2.75, 3.05) is 5.32 Å². The summed E-state index contributed by atoms with van der Waals surface area (Å²) in [5.41, 5.74) is 0.290. The summed E-state index contributed by atoms with van der Waals surface area (Å²) in [5.74, 6) is -1.69. The highest BCUT2D eigenvalue weighted by atomic mass is 32.1. The number of carbonyl (C=O) groups excluding carboxylic acids is 1. The third-order valence-corrected chi connectivity index (χ3v) is 4.83. The Labute approximate surface area is 153 Å². The summed E-state index contributed by atoms with van der Waals surface area (Å²) in [6, 6.07) is 15.4. The monoisotopic (exact) mass is 374 g/mol. The molecule has 3 N–H and O–H groups in total. The summed E-state index contributed by atoms with van der Waals surface area (Å²) in [6.45, 7) is 0.175. The summed E-state index contributed by atoms with van der Waals surface area (Å²) in [7, 11) is 0. The van der Waals surface area contributed by atoms with Crippen LogP contribution in [0.4, 0.5) is 19.3 Å². The topological polar surface area (TPSA) is 61.4 Å². The van der Waals surface area contributed by atoms with Gasteiger partial charge in [-0.05, 0) is 29.8 Å². The molecule has 0 aliphatic carbocycles. The lowest BCUT2D eigenvalue weighted by molar-refractivity contribution is 0.224. The molecule has 0 radical (unpaired) electrons. The molecule has 4 nitrogen and oxygen atoms in total. The van der Waals surface area contributed by atoms with E-state index in [2.05, 4.69) is 10.6 Å². The van der Waals surface area contributed by atoms with E-state index in [9.17, 15) is 18.7 Å². The Kier molecular flexibility index (Phi) is 5.60. The van der Waals surface area contributed by atoms with Gasteiger partial charge in [-0.15, -0.1) is 11.3 Å². The molecular formula is C19H16F2N2O2S. The predicted molar refractivity (Wildman–Crippen MR) is 97.0 cm³/mol. The smallest absolute Gasteiger partial charge is 0.319 e. The van der Waals surface area contributed by atoms with E-state index in [1.807, 2.05) is 30.3 Å². The van der Waals surface area contributed by atoms with E-state index in [4.69, 9.17) is 0 Å². The van der Waals surface area contributed by atoms with Crippen LogP contribution in [0.3, 0.4) is 0 Å². The largest absolute Gasteiger partial charge is 0.383 e. The number of aliphatic hydroxyl groups excluding tert-OH is 1. The van der Waals surface area contributed by atoms with E-state index >= 15 is 0 Å². The van der Waals surface area contributed by atoms with Crippen LogP contribution in [0, 0.1) is 11.6 Å². The third-order valence-electron chi connectivity index (χ3n) is 3.69. The zero-order valence-electron chi connectivity index (χ0n) is 13.6. The Morgan fingerprint density at radius 3 is 2.38 bits per heavy atom. The molecule has 2 aromatic carbocycles. The van der Waals surface area contributed by atoms with Gasteiger partial charge in [0, 0.05) is 9.75 Å². The van der Waals surface area contributed by atoms with Crippen molar-refractivity contribution in [3.8, 4) is 0 Å². The second kappa shape index (κ2) is 8.07. The fourth-order valence-corrected chi connectivity index (χ4v) is 3.35. The maximum atomic E-state index is 13.5. The number of carbonyl (C=O) groups is 1. The Hall–Kier alpha value is -2.77. The van der Waals surface area contributed by atoms with Gasteiger partial charge in [0.15, 0.2) is 0 Å². The van der Waals surface area contributed by atoms with Gasteiger partial charge in [0.2, 0.25) is 0 Å². The van der Waals surface area contributed by atoms with Crippen molar-refractivity contribution in [2.24, 2.45) is 0 Å². The number of amides is 2. The molecule has 0 saturated carbocycles. The summed E-state index contributed by atoms with van der Waals surface area (Å²) < 4.78 is 27.0. The van der Waals surface area contributed by atoms with Gasteiger partial charge in [-0.25, -0.2) is 13.6 Å². The molecule has 1 atom stereocenters. The van der Waals surface area contributed by atoms with Crippen molar-refractivity contribution in [1.82, 2.24) is 5.32 Å². The van der Waals surface area contributed by atoms with Gasteiger partial charge in [0.05, 0.1) is 6.54 Å². The Balaban J connectivity index is 1.59. The number of anilines is 1. The zero-order chi connectivity index (χ0) is 18.5. The van der Waals surface area contributed by atoms with Crippen LogP contribution in [-0.2, 0) is 6.54 Å². The van der Waals surface area contributed by atoms with Crippen molar-refractivity contribution in [3.63, 3.8) is 0 Å². The molecule has 0 fully saturated rings. The minimum Gasteiger partial charge on any atom is -0.383 e. The molecule has 0 bridgehead atoms. The normalized spacial score (nSPS) is 11.8. The number of benzene rings is 2. The number of thiophene rings is 1. The molecule has 1 heterocycles. The van der Waals surface area contributed by atoms with Crippen molar-refractivity contribution in [3.05, 3.63) is 87.6 Å². The second-order valence-electron chi connectivity index (χ2n) is 5.52. The van der Waals surface area contributed by atoms with Gasteiger partial charge in [-0.1, -0.05) is 36.4 Å². The van der Waals surface area contributed by atoms with Gasteiger partial charge in [-0.2, -0.15) is 0 Å². The van der Waals surface area contributed by atoms with Gasteiger partial charge in [-0.3, -0.25) is 0 Å². The molecule has 0 aliphatic heterocycles. The van der Waals surface area contributed by atoms with Crippen molar-refractivity contribution in [2.45, 2.75) is 12.6 Å². The van der Waals surface area contributed by atoms with Crippen LogP contribution in [0.1, 0.15) is 21.4 Å². The Bertz CT molecular complexity index is 879. The Morgan fingerprint density at radius 2 is 1.69 bits per heavy atom. The molecule has 0 saturated heterocycles. The predicted octanol–water partition coefficient (Wildman–Crippen LogP) is 4.43. The quantitative estimate of drug-likeness (QED) is 0.619. The van der Waals surface area contributed by atoms with Crippen LogP contribution in [0.15, 0.2) is 60.7 Å². The number of nitrogens with one attached hydrogen (secondary N) is 2. The Morgan fingerprint density at radius 1 is 1.00 bits per heavy atom. The molecule has 0 spiro atoms. The summed E-state index contributed by atoms with van der Waals surface area (Å²) in [5, 5.41) is 15.1. The van der Waals surface area contributed by atoms with E-state index < -0.39 is 29.5 Å². The highest BCUT2D eigenvalue weighted by Crippen LogP contribution is 2.28. The molecule has 1 unspecified atom stereocenters. The molecule has 134 valence electrons. The molecule has 3 aromatic rings. The highest BCUT2D eigenvalue weighted by molar-refractivity contribution is 7.12. The van der Waals surface area contributed by atoms with Crippen molar-refractivity contribution < 1.29 is 18.7 Å². The number of para-hydroxylation sites is 1. The summed E-state index contributed by atoms with van der Waals surface area (Å²) >= 11 is 1.35. The number of rotatable bonds is 5. The average molecular weight is 374 g/mol. The molecule has 2 amide bonds. The first kappa shape index (κ1) is 18.0. The summed E-state index contributed by atoms with van der Waals surface area (Å²) in [4.78, 5) is 13.4. The van der Waals surface area contributed by atoms with Gasteiger partial charge in [0.25, 0.3) is 0 Å². The number of halogens is 2. The number of urea groups is 1. The lowest BCUT2D eigenvalue weighted by atomic mass is 10.1. The summed E-state index contributed by atoms with van der Waals surface area (Å²) in [6.07, 6.45) is -0.740. The lowest BCUT2D eigenvalue weighted by Gasteiger charge is -2.09. The fourth-order valence-electron chi connectivity index (χ4n) is 2.38. The third kappa shape index (κ3) is 4.25. The minimum absolute atomic E-state index is 0.175. The molecule has 3 rings (SSSR count). The van der Waals surface area contributed by atoms with Crippen LogP contribution in [0.25, 0.3) is 0 Å². The van der Waals surface area contributed by atoms with E-state index in [0.29, 0.717) is 0 Å². The van der Waals surface area contributed by atoms with Crippen LogP contribution in [-0.4, -0.2) is 11.1 Å². The standard InChI is InChI=1S/C19H16F2N2O2S/c20-14-7-4-8-15(21)17(14)23-19(25)22-11-13-9-10-16(26-13)18(24)12-5-2-1-3-6-12/h1-10,18,24H,11H2,(H2,22,23,25). The van der Waals surface area contributed by atoms with E-state index in [1.54, 1.807) is 12.1 Å². The minimum atomic E-state index is -0.843. The first-order chi connectivity index (χ1) is 12.5. The lowest BCUT2D eigenvalue weighted by Crippen LogP contribution is -2.28. The maximum absolute atomic E-state index is 13.5. The number of hydrogen-bond acceptors (Lipinski definition) is 3. The van der Waals surface area contributed by atoms with E-state index in [-0.39, 0.29) is 6.54 Å². The number of aliphatic hydroxyl groups is 1. The molecular weight excluding hydrogens is 358 g/mol.